The minimum absolute atomic E-state index is 0.186. The molecule has 1 heterocycles. The zero-order valence-electron chi connectivity index (χ0n) is 17.7. The third-order valence-corrected chi connectivity index (χ3v) is 6.45. The molecule has 1 aromatic carbocycles. The molecule has 7 nitrogen and oxygen atoms in total. The molecule has 1 saturated heterocycles. The van der Waals surface area contributed by atoms with E-state index in [2.05, 4.69) is 32.0 Å². The summed E-state index contributed by atoms with van der Waals surface area (Å²) in [5.74, 6) is 0. The van der Waals surface area contributed by atoms with Crippen LogP contribution in [0, 0.1) is 6.92 Å². The van der Waals surface area contributed by atoms with Gasteiger partial charge in [0.2, 0.25) is 0 Å². The summed E-state index contributed by atoms with van der Waals surface area (Å²) in [5, 5.41) is 0. The molecule has 0 N–H and O–H groups in total. The zero-order chi connectivity index (χ0) is 21.1. The Morgan fingerprint density at radius 2 is 1.76 bits per heavy atom. The first-order valence-electron chi connectivity index (χ1n) is 10.3. The molecule has 0 bridgehead atoms. The van der Waals surface area contributed by atoms with Gasteiger partial charge in [0, 0.05) is 13.1 Å². The van der Waals surface area contributed by atoms with Crippen LogP contribution in [-0.4, -0.2) is 64.9 Å². The van der Waals surface area contributed by atoms with Crippen molar-refractivity contribution in [2.75, 3.05) is 33.4 Å². The molecule has 3 rings (SSSR count). The van der Waals surface area contributed by atoms with Crippen molar-refractivity contribution < 1.29 is 17.3 Å². The first-order chi connectivity index (χ1) is 13.9. The highest BCUT2D eigenvalue weighted by Crippen LogP contribution is 2.19. The van der Waals surface area contributed by atoms with Gasteiger partial charge < -0.3 is 4.74 Å². The van der Waals surface area contributed by atoms with Crippen molar-refractivity contribution in [2.24, 2.45) is 9.98 Å². The van der Waals surface area contributed by atoms with Crippen LogP contribution in [0.2, 0.25) is 0 Å². The predicted molar refractivity (Wildman–Crippen MR) is 114 cm³/mol. The molecule has 162 valence electrons. The third-order valence-electron chi connectivity index (χ3n) is 5.16. The minimum Gasteiger partial charge on any atom is -0.379 e. The Labute approximate surface area is 175 Å². The van der Waals surface area contributed by atoms with Gasteiger partial charge in [-0.25, -0.2) is 9.98 Å². The lowest BCUT2D eigenvalue weighted by Crippen LogP contribution is -2.41. The Morgan fingerprint density at radius 1 is 1.14 bits per heavy atom. The molecule has 0 aromatic heterocycles. The van der Waals surface area contributed by atoms with E-state index in [-0.39, 0.29) is 11.1 Å². The lowest BCUT2D eigenvalue weighted by molar-refractivity contribution is 0.0221. The summed E-state index contributed by atoms with van der Waals surface area (Å²) in [4.78, 5) is 11.3. The van der Waals surface area contributed by atoms with E-state index in [1.807, 2.05) is 6.92 Å². The van der Waals surface area contributed by atoms with E-state index in [0.29, 0.717) is 6.04 Å². The van der Waals surface area contributed by atoms with Crippen LogP contribution >= 0.6 is 0 Å². The second-order valence-corrected chi connectivity index (χ2v) is 9.08. The van der Waals surface area contributed by atoms with Crippen LogP contribution in [0.3, 0.4) is 0 Å². The van der Waals surface area contributed by atoms with Crippen LogP contribution < -0.4 is 0 Å². The summed E-state index contributed by atoms with van der Waals surface area (Å²) in [6.45, 7) is 7.57. The second-order valence-electron chi connectivity index (χ2n) is 7.36. The van der Waals surface area contributed by atoms with E-state index in [9.17, 15) is 8.42 Å². The Balaban J connectivity index is 0.000000221. The van der Waals surface area contributed by atoms with E-state index in [0.717, 1.165) is 39.0 Å². The monoisotopic (exact) mass is 423 g/mol. The lowest BCUT2D eigenvalue weighted by atomic mass is 9.96. The molecule has 0 spiro atoms. The Morgan fingerprint density at radius 3 is 2.34 bits per heavy atom. The molecule has 1 aliphatic heterocycles. The number of hydrogen-bond acceptors (Lipinski definition) is 7. The largest absolute Gasteiger partial charge is 0.379 e. The number of hydrogen-bond donors (Lipinski definition) is 0. The Bertz CT molecular complexity index is 762. The topological polar surface area (TPSA) is 80.6 Å². The predicted octanol–water partition coefficient (Wildman–Crippen LogP) is 3.50. The van der Waals surface area contributed by atoms with Crippen molar-refractivity contribution in [1.29, 1.82) is 0 Å². The van der Waals surface area contributed by atoms with Crippen molar-refractivity contribution in [2.45, 2.75) is 63.1 Å². The molecule has 1 aliphatic carbocycles. The normalized spacial score (nSPS) is 19.4. The maximum Gasteiger partial charge on any atom is 0.296 e. The quantitative estimate of drug-likeness (QED) is 0.535. The van der Waals surface area contributed by atoms with Crippen molar-refractivity contribution in [3.8, 4) is 0 Å². The lowest BCUT2D eigenvalue weighted by Gasteiger charge is -2.29. The number of rotatable bonds is 5. The molecule has 1 unspecified atom stereocenters. The average molecular weight is 424 g/mol. The van der Waals surface area contributed by atoms with Gasteiger partial charge in [0.1, 0.15) is 6.17 Å². The third kappa shape index (κ3) is 8.36. The summed E-state index contributed by atoms with van der Waals surface area (Å²) in [6, 6.07) is 9.90. The van der Waals surface area contributed by atoms with E-state index >= 15 is 0 Å². The van der Waals surface area contributed by atoms with Gasteiger partial charge in [-0.05, 0) is 38.8 Å². The first kappa shape index (κ1) is 23.7. The van der Waals surface area contributed by atoms with Crippen molar-refractivity contribution in [3.05, 3.63) is 29.8 Å². The number of ether oxygens (including phenoxy) is 1. The average Bonchev–Trinajstić information content (AvgIpc) is 2.76. The molecule has 1 aromatic rings. The molecule has 1 atom stereocenters. The molecule has 0 amide bonds. The van der Waals surface area contributed by atoms with E-state index in [4.69, 9.17) is 4.74 Å². The highest BCUT2D eigenvalue weighted by Gasteiger charge is 2.16. The highest BCUT2D eigenvalue weighted by molar-refractivity contribution is 7.86. The van der Waals surface area contributed by atoms with Crippen molar-refractivity contribution in [3.63, 3.8) is 0 Å². The molecule has 0 radical (unpaired) electrons. The van der Waals surface area contributed by atoms with Gasteiger partial charge in [0.05, 0.1) is 37.3 Å². The molecule has 2 fully saturated rings. The van der Waals surface area contributed by atoms with E-state index < -0.39 is 10.1 Å². The maximum atomic E-state index is 11.1. The van der Waals surface area contributed by atoms with Crippen LogP contribution in [0.5, 0.6) is 0 Å². The van der Waals surface area contributed by atoms with Crippen LogP contribution in [0.4, 0.5) is 0 Å². The van der Waals surface area contributed by atoms with Crippen LogP contribution in [-0.2, 0) is 19.0 Å². The fourth-order valence-corrected chi connectivity index (χ4v) is 3.90. The van der Waals surface area contributed by atoms with Gasteiger partial charge in [-0.3, -0.25) is 9.08 Å². The molecule has 2 aliphatic rings. The van der Waals surface area contributed by atoms with Crippen molar-refractivity contribution in [1.82, 2.24) is 4.90 Å². The summed E-state index contributed by atoms with van der Waals surface area (Å²) < 4.78 is 31.8. The molecule has 29 heavy (non-hydrogen) atoms. The number of aryl methyl sites for hydroxylation is 1. The van der Waals surface area contributed by atoms with Gasteiger partial charge in [0.25, 0.3) is 10.1 Å². The number of morpholine rings is 1. The van der Waals surface area contributed by atoms with Gasteiger partial charge in [-0.15, -0.1) is 0 Å². The fraction of sp³-hybridized carbons (Fsp3) is 0.667. The second kappa shape index (κ2) is 12.2. The maximum absolute atomic E-state index is 11.1. The summed E-state index contributed by atoms with van der Waals surface area (Å²) in [6.07, 6.45) is 6.62. The van der Waals surface area contributed by atoms with Gasteiger partial charge in [0.15, 0.2) is 0 Å². The van der Waals surface area contributed by atoms with Gasteiger partial charge >= 0.3 is 0 Å². The fourth-order valence-electron chi connectivity index (χ4n) is 3.24. The number of aliphatic imine (C=N–C) groups is 2. The number of benzene rings is 1. The van der Waals surface area contributed by atoms with E-state index in [1.165, 1.54) is 44.2 Å². The van der Waals surface area contributed by atoms with Gasteiger partial charge in [-0.2, -0.15) is 8.42 Å². The first-order valence-corrected chi connectivity index (χ1v) is 11.7. The molecule has 8 heteroatoms. The smallest absolute Gasteiger partial charge is 0.296 e. The SMILES string of the molecule is CC(N=C=NC1CCCCC1)N1CCOCC1.COS(=O)(=O)c1ccc(C)cc1. The van der Waals surface area contributed by atoms with Crippen LogP contribution in [0.15, 0.2) is 39.1 Å². The van der Waals surface area contributed by atoms with Crippen molar-refractivity contribution >= 4 is 16.1 Å². The Kier molecular flexibility index (Phi) is 9.97. The van der Waals surface area contributed by atoms with Crippen LogP contribution in [0.1, 0.15) is 44.6 Å². The highest BCUT2D eigenvalue weighted by atomic mass is 32.2. The number of nitrogens with zero attached hydrogens (tertiary/aromatic N) is 3. The summed E-state index contributed by atoms with van der Waals surface area (Å²) in [5.41, 5.74) is 1.02. The zero-order valence-corrected chi connectivity index (χ0v) is 18.5. The minimum atomic E-state index is -3.51. The van der Waals surface area contributed by atoms with E-state index in [1.54, 1.807) is 12.1 Å². The van der Waals surface area contributed by atoms with Crippen LogP contribution in [0.25, 0.3) is 0 Å². The summed E-state index contributed by atoms with van der Waals surface area (Å²) >= 11 is 0. The summed E-state index contributed by atoms with van der Waals surface area (Å²) in [7, 11) is -2.37. The molecular weight excluding hydrogens is 390 g/mol. The molecule has 1 saturated carbocycles. The Hall–Kier alpha value is -1.57. The van der Waals surface area contributed by atoms with Gasteiger partial charge in [-0.1, -0.05) is 37.0 Å². The standard InChI is InChI=1S/C13H23N3O.C8H10O3S/c1-12(16-7-9-17-10-8-16)14-11-15-13-5-3-2-4-6-13;1-7-3-5-8(6-4-7)12(9,10)11-2/h12-13H,2-10H2,1H3;3-6H,1-2H3. The molecular formula is C21H33N3O4S.